The zero-order valence-corrected chi connectivity index (χ0v) is 6.46. The van der Waals surface area contributed by atoms with Gasteiger partial charge in [0.05, 0.1) is 13.5 Å². The highest BCUT2D eigenvalue weighted by atomic mass is 16.5. The van der Waals surface area contributed by atoms with Crippen LogP contribution in [0.3, 0.4) is 0 Å². The first-order valence-corrected chi connectivity index (χ1v) is 3.08. The van der Waals surface area contributed by atoms with Gasteiger partial charge in [-0.3, -0.25) is 9.59 Å². The minimum atomic E-state index is -1.03. The number of hydrogen-bond donors (Lipinski definition) is 2. The molecule has 0 unspecified atom stereocenters. The topological polar surface area (TPSA) is 75.6 Å². The minimum Gasteiger partial charge on any atom is -0.481 e. The van der Waals surface area contributed by atoms with E-state index < -0.39 is 18.0 Å². The smallest absolute Gasteiger partial charge is 0.323 e. The van der Waals surface area contributed by atoms with E-state index in [1.807, 2.05) is 0 Å². The second kappa shape index (κ2) is 4.68. The number of ether oxygens (including phenoxy) is 1. The number of carboxylic acid groups (broad SMARTS) is 1. The van der Waals surface area contributed by atoms with Crippen LogP contribution in [0.4, 0.5) is 0 Å². The molecule has 0 bridgehead atoms. The number of nitrogens with one attached hydrogen (secondary N) is 1. The van der Waals surface area contributed by atoms with Crippen LogP contribution in [0.2, 0.25) is 0 Å². The molecule has 0 radical (unpaired) electrons. The molecule has 0 aromatic carbocycles. The molecule has 0 aliphatic heterocycles. The van der Waals surface area contributed by atoms with Crippen molar-refractivity contribution >= 4 is 11.9 Å². The third kappa shape index (κ3) is 3.57. The van der Waals surface area contributed by atoms with Crippen LogP contribution in [0, 0.1) is 0 Å². The number of methoxy groups -OCH3 is 1. The van der Waals surface area contributed by atoms with Crippen molar-refractivity contribution in [3.63, 3.8) is 0 Å². The zero-order chi connectivity index (χ0) is 8.85. The Balaban J connectivity index is 3.94. The fraction of sp³-hybridized carbons (Fsp3) is 0.667. The summed E-state index contributed by atoms with van der Waals surface area (Å²) in [6, 6.07) is -0.752. The standard InChI is InChI=1S/C6H11NO4/c1-7-4(3-5(8)9)6(10)11-2/h4,7H,3H2,1-2H3,(H,8,9)/t4-/m0/s1. The van der Waals surface area contributed by atoms with E-state index in [9.17, 15) is 9.59 Å². The van der Waals surface area contributed by atoms with Gasteiger partial charge in [0.1, 0.15) is 6.04 Å². The summed E-state index contributed by atoms with van der Waals surface area (Å²) in [6.45, 7) is 0. The second-order valence-electron chi connectivity index (χ2n) is 1.96. The third-order valence-electron chi connectivity index (χ3n) is 1.21. The number of likely N-dealkylation sites (N-methyl/N-ethyl adjacent to an activating group) is 1. The summed E-state index contributed by atoms with van der Waals surface area (Å²) in [5.74, 6) is -1.59. The molecule has 0 aliphatic rings. The monoisotopic (exact) mass is 161 g/mol. The fourth-order valence-corrected chi connectivity index (χ4v) is 0.620. The lowest BCUT2D eigenvalue weighted by Crippen LogP contribution is -2.36. The first-order valence-electron chi connectivity index (χ1n) is 3.08. The van der Waals surface area contributed by atoms with Gasteiger partial charge >= 0.3 is 11.9 Å². The van der Waals surface area contributed by atoms with E-state index in [1.165, 1.54) is 14.2 Å². The van der Waals surface area contributed by atoms with Gasteiger partial charge in [-0.15, -0.1) is 0 Å². The van der Waals surface area contributed by atoms with Gasteiger partial charge in [-0.05, 0) is 7.05 Å². The highest BCUT2D eigenvalue weighted by Gasteiger charge is 2.19. The molecule has 0 fully saturated rings. The maximum atomic E-state index is 10.7. The summed E-state index contributed by atoms with van der Waals surface area (Å²) in [7, 11) is 2.72. The zero-order valence-electron chi connectivity index (χ0n) is 6.46. The SMILES string of the molecule is CN[C@@H](CC(=O)O)C(=O)OC. The summed E-state index contributed by atoms with van der Waals surface area (Å²) in [4.78, 5) is 20.9. The van der Waals surface area contributed by atoms with Crippen LogP contribution in [0.25, 0.3) is 0 Å². The van der Waals surface area contributed by atoms with Crippen LogP contribution >= 0.6 is 0 Å². The van der Waals surface area contributed by atoms with Crippen LogP contribution in [0.5, 0.6) is 0 Å². The van der Waals surface area contributed by atoms with Gasteiger partial charge in [0.15, 0.2) is 0 Å². The van der Waals surface area contributed by atoms with E-state index in [2.05, 4.69) is 10.1 Å². The largest absolute Gasteiger partial charge is 0.481 e. The van der Waals surface area contributed by atoms with E-state index in [-0.39, 0.29) is 6.42 Å². The van der Waals surface area contributed by atoms with Crippen molar-refractivity contribution in [2.45, 2.75) is 12.5 Å². The van der Waals surface area contributed by atoms with Crippen LogP contribution < -0.4 is 5.32 Å². The summed E-state index contributed by atoms with van der Waals surface area (Å²) in [6.07, 6.45) is -0.261. The molecule has 0 spiro atoms. The molecule has 0 aliphatic carbocycles. The predicted molar refractivity (Wildman–Crippen MR) is 37.1 cm³/mol. The molecule has 0 amide bonds. The van der Waals surface area contributed by atoms with Gasteiger partial charge in [0.2, 0.25) is 0 Å². The molecule has 0 aromatic rings. The number of carbonyl (C=O) groups is 2. The van der Waals surface area contributed by atoms with Crippen molar-refractivity contribution in [1.29, 1.82) is 0 Å². The molecule has 2 N–H and O–H groups in total. The van der Waals surface area contributed by atoms with Gasteiger partial charge in [-0.1, -0.05) is 0 Å². The Hall–Kier alpha value is -1.10. The minimum absolute atomic E-state index is 0.261. The van der Waals surface area contributed by atoms with E-state index in [0.29, 0.717) is 0 Å². The summed E-state index contributed by atoms with van der Waals surface area (Å²) >= 11 is 0. The number of carboxylic acids is 1. The molecule has 5 heteroatoms. The predicted octanol–water partition coefficient (Wildman–Crippen LogP) is -0.778. The lowest BCUT2D eigenvalue weighted by molar-refractivity contribution is -0.148. The molecule has 5 nitrogen and oxygen atoms in total. The van der Waals surface area contributed by atoms with Crippen molar-refractivity contribution in [1.82, 2.24) is 5.32 Å². The highest BCUT2D eigenvalue weighted by Crippen LogP contribution is 1.93. The van der Waals surface area contributed by atoms with Crippen LogP contribution in [0.1, 0.15) is 6.42 Å². The average Bonchev–Trinajstić information content (AvgIpc) is 1.98. The van der Waals surface area contributed by atoms with Gasteiger partial charge < -0.3 is 15.2 Å². The van der Waals surface area contributed by atoms with E-state index in [4.69, 9.17) is 5.11 Å². The van der Waals surface area contributed by atoms with Gasteiger partial charge in [-0.2, -0.15) is 0 Å². The Morgan fingerprint density at radius 2 is 2.18 bits per heavy atom. The average molecular weight is 161 g/mol. The van der Waals surface area contributed by atoms with Crippen molar-refractivity contribution < 1.29 is 19.4 Å². The molecular weight excluding hydrogens is 150 g/mol. The molecule has 1 atom stereocenters. The molecule has 0 saturated carbocycles. The maximum Gasteiger partial charge on any atom is 0.323 e. The Morgan fingerprint density at radius 1 is 1.64 bits per heavy atom. The van der Waals surface area contributed by atoms with Crippen molar-refractivity contribution in [3.8, 4) is 0 Å². The highest BCUT2D eigenvalue weighted by molar-refractivity contribution is 5.81. The van der Waals surface area contributed by atoms with Crippen LogP contribution in [-0.2, 0) is 14.3 Å². The van der Waals surface area contributed by atoms with Gasteiger partial charge in [0.25, 0.3) is 0 Å². The van der Waals surface area contributed by atoms with Crippen molar-refractivity contribution in [2.24, 2.45) is 0 Å². The Labute approximate surface area is 64.3 Å². The summed E-state index contributed by atoms with van der Waals surface area (Å²) < 4.78 is 4.34. The Kier molecular flexibility index (Phi) is 4.21. The van der Waals surface area contributed by atoms with Crippen molar-refractivity contribution in [3.05, 3.63) is 0 Å². The third-order valence-corrected chi connectivity index (χ3v) is 1.21. The van der Waals surface area contributed by atoms with Gasteiger partial charge in [-0.25, -0.2) is 0 Å². The Bertz CT molecular complexity index is 157. The lowest BCUT2D eigenvalue weighted by Gasteiger charge is -2.09. The number of esters is 1. The molecular formula is C6H11NO4. The van der Waals surface area contributed by atoms with Crippen LogP contribution in [0.15, 0.2) is 0 Å². The first-order chi connectivity index (χ1) is 5.11. The summed E-state index contributed by atoms with van der Waals surface area (Å²) in [5, 5.41) is 10.8. The quantitative estimate of drug-likeness (QED) is 0.529. The van der Waals surface area contributed by atoms with E-state index >= 15 is 0 Å². The number of hydrogen-bond acceptors (Lipinski definition) is 4. The lowest BCUT2D eigenvalue weighted by atomic mass is 10.2. The molecule has 0 heterocycles. The normalized spacial score (nSPS) is 12.2. The first kappa shape index (κ1) is 9.90. The Morgan fingerprint density at radius 3 is 2.45 bits per heavy atom. The maximum absolute atomic E-state index is 10.7. The number of aliphatic carboxylic acids is 1. The van der Waals surface area contributed by atoms with Crippen molar-refractivity contribution in [2.75, 3.05) is 14.2 Å². The molecule has 0 aromatic heterocycles. The van der Waals surface area contributed by atoms with E-state index in [0.717, 1.165) is 0 Å². The number of carbonyl (C=O) groups excluding carboxylic acids is 1. The number of rotatable bonds is 4. The van der Waals surface area contributed by atoms with Crippen LogP contribution in [-0.4, -0.2) is 37.2 Å². The van der Waals surface area contributed by atoms with Gasteiger partial charge in [0, 0.05) is 0 Å². The van der Waals surface area contributed by atoms with E-state index in [1.54, 1.807) is 0 Å². The molecule has 11 heavy (non-hydrogen) atoms. The molecule has 0 saturated heterocycles. The summed E-state index contributed by atoms with van der Waals surface area (Å²) in [5.41, 5.74) is 0. The second-order valence-corrected chi connectivity index (χ2v) is 1.96. The molecule has 64 valence electrons. The fourth-order valence-electron chi connectivity index (χ4n) is 0.620. The molecule has 0 rings (SSSR count).